The molecule has 0 aliphatic rings. The van der Waals surface area contributed by atoms with Crippen molar-refractivity contribution >= 4 is 43.8 Å². The van der Waals surface area contributed by atoms with E-state index in [9.17, 15) is 4.79 Å². The maximum atomic E-state index is 13.8. The van der Waals surface area contributed by atoms with Crippen LogP contribution in [0.15, 0.2) is 97.1 Å². The van der Waals surface area contributed by atoms with Crippen LogP contribution in [0.25, 0.3) is 43.4 Å². The molecular weight excluding hydrogens is 492 g/mol. The summed E-state index contributed by atoms with van der Waals surface area (Å²) in [5.41, 5.74) is 11.1. The Morgan fingerprint density at radius 2 is 1.55 bits per heavy atom. The zero-order valence-electron chi connectivity index (χ0n) is 20.9. The number of ketones is 1. The van der Waals surface area contributed by atoms with Crippen molar-refractivity contribution in [3.8, 4) is 33.9 Å². The Kier molecular flexibility index (Phi) is 6.02. The van der Waals surface area contributed by atoms with E-state index in [4.69, 9.17) is 20.2 Å². The lowest BCUT2D eigenvalue weighted by Gasteiger charge is -2.14. The molecule has 4 aromatic carbocycles. The summed E-state index contributed by atoms with van der Waals surface area (Å²) in [7, 11) is 3.26. The highest BCUT2D eigenvalue weighted by Gasteiger charge is 2.24. The smallest absolute Gasteiger partial charge is 0.205 e. The van der Waals surface area contributed by atoms with E-state index in [0.717, 1.165) is 38.5 Å². The number of pyridine rings is 1. The van der Waals surface area contributed by atoms with Gasteiger partial charge in [-0.15, -0.1) is 11.3 Å². The van der Waals surface area contributed by atoms with Gasteiger partial charge in [0.1, 0.15) is 21.2 Å². The molecule has 0 spiro atoms. The van der Waals surface area contributed by atoms with E-state index in [1.54, 1.807) is 14.2 Å². The van der Waals surface area contributed by atoms with E-state index in [1.165, 1.54) is 11.3 Å². The summed E-state index contributed by atoms with van der Waals surface area (Å²) < 4.78 is 11.2. The minimum atomic E-state index is -0.124. The summed E-state index contributed by atoms with van der Waals surface area (Å²) in [6.07, 6.45) is 0. The minimum absolute atomic E-state index is 0.124. The molecule has 6 aromatic rings. The molecule has 5 nitrogen and oxygen atoms in total. The first-order valence-electron chi connectivity index (χ1n) is 12.1. The third kappa shape index (κ3) is 4.05. The number of aromatic nitrogens is 1. The van der Waals surface area contributed by atoms with Crippen LogP contribution in [0.3, 0.4) is 0 Å². The molecule has 0 atom stereocenters. The lowest BCUT2D eigenvalue weighted by atomic mass is 9.97. The Morgan fingerprint density at radius 3 is 2.32 bits per heavy atom. The molecule has 0 aliphatic heterocycles. The molecule has 186 valence electrons. The van der Waals surface area contributed by atoms with Gasteiger partial charge in [0.2, 0.25) is 5.78 Å². The summed E-state index contributed by atoms with van der Waals surface area (Å²) >= 11 is 1.32. The van der Waals surface area contributed by atoms with Crippen LogP contribution in [-0.4, -0.2) is 25.0 Å². The van der Waals surface area contributed by atoms with Gasteiger partial charge in [0.25, 0.3) is 0 Å². The lowest BCUT2D eigenvalue weighted by Crippen LogP contribution is -2.02. The van der Waals surface area contributed by atoms with Crippen molar-refractivity contribution in [1.82, 2.24) is 4.98 Å². The monoisotopic (exact) mass is 516 g/mol. The fourth-order valence-electron chi connectivity index (χ4n) is 4.75. The topological polar surface area (TPSA) is 74.4 Å². The molecule has 0 amide bonds. The first-order valence-corrected chi connectivity index (χ1v) is 12.9. The summed E-state index contributed by atoms with van der Waals surface area (Å²) in [5.74, 6) is 1.24. The van der Waals surface area contributed by atoms with Crippen molar-refractivity contribution in [1.29, 1.82) is 0 Å². The first-order chi connectivity index (χ1) is 18.6. The third-order valence-electron chi connectivity index (χ3n) is 6.68. The molecule has 0 fully saturated rings. The Morgan fingerprint density at radius 1 is 0.789 bits per heavy atom. The van der Waals surface area contributed by atoms with Crippen LogP contribution < -0.4 is 15.2 Å². The normalized spacial score (nSPS) is 11.1. The maximum Gasteiger partial charge on any atom is 0.205 e. The lowest BCUT2D eigenvalue weighted by molar-refractivity contribution is 0.104. The van der Waals surface area contributed by atoms with E-state index in [1.807, 2.05) is 97.1 Å². The van der Waals surface area contributed by atoms with Crippen molar-refractivity contribution in [2.24, 2.45) is 0 Å². The van der Waals surface area contributed by atoms with Crippen LogP contribution >= 0.6 is 11.3 Å². The van der Waals surface area contributed by atoms with E-state index in [2.05, 4.69) is 0 Å². The zero-order chi connectivity index (χ0) is 26.2. The van der Waals surface area contributed by atoms with Crippen LogP contribution in [-0.2, 0) is 0 Å². The van der Waals surface area contributed by atoms with Gasteiger partial charge in [0, 0.05) is 27.6 Å². The summed E-state index contributed by atoms with van der Waals surface area (Å²) in [5, 5.41) is 2.81. The van der Waals surface area contributed by atoms with Crippen LogP contribution in [0.4, 0.5) is 5.69 Å². The molecule has 6 heteroatoms. The quantitative estimate of drug-likeness (QED) is 0.231. The van der Waals surface area contributed by atoms with Crippen molar-refractivity contribution in [2.45, 2.75) is 0 Å². The number of nitrogen functional groups attached to an aromatic ring is 1. The number of carbonyl (C=O) groups is 1. The van der Waals surface area contributed by atoms with Gasteiger partial charge in [-0.3, -0.25) is 4.79 Å². The highest BCUT2D eigenvalue weighted by atomic mass is 32.1. The zero-order valence-corrected chi connectivity index (χ0v) is 21.7. The fourth-order valence-corrected chi connectivity index (χ4v) is 5.83. The van der Waals surface area contributed by atoms with Crippen molar-refractivity contribution in [3.63, 3.8) is 0 Å². The number of hydrogen-bond acceptors (Lipinski definition) is 6. The largest absolute Gasteiger partial charge is 0.497 e. The number of nitrogens with zero attached hydrogens (tertiary/aromatic N) is 1. The predicted molar refractivity (Wildman–Crippen MR) is 155 cm³/mol. The molecule has 0 saturated carbocycles. The molecule has 0 radical (unpaired) electrons. The molecule has 2 aromatic heterocycles. The Labute approximate surface area is 224 Å². The predicted octanol–water partition coefficient (Wildman–Crippen LogP) is 7.61. The number of methoxy groups -OCH3 is 2. The average Bonchev–Trinajstić information content (AvgIpc) is 3.32. The van der Waals surface area contributed by atoms with Gasteiger partial charge >= 0.3 is 0 Å². The van der Waals surface area contributed by atoms with Crippen LogP contribution in [0.2, 0.25) is 0 Å². The van der Waals surface area contributed by atoms with E-state index in [-0.39, 0.29) is 5.78 Å². The molecule has 0 bridgehead atoms. The second-order valence-electron chi connectivity index (χ2n) is 8.90. The summed E-state index contributed by atoms with van der Waals surface area (Å²) in [6.45, 7) is 0. The number of rotatable bonds is 6. The van der Waals surface area contributed by atoms with Gasteiger partial charge < -0.3 is 15.2 Å². The van der Waals surface area contributed by atoms with Crippen LogP contribution in [0, 0.1) is 0 Å². The van der Waals surface area contributed by atoms with E-state index >= 15 is 0 Å². The van der Waals surface area contributed by atoms with Gasteiger partial charge in [0.15, 0.2) is 0 Å². The van der Waals surface area contributed by atoms with Gasteiger partial charge in [-0.1, -0.05) is 66.7 Å². The van der Waals surface area contributed by atoms with Gasteiger partial charge in [-0.2, -0.15) is 0 Å². The molecule has 2 N–H and O–H groups in total. The molecule has 38 heavy (non-hydrogen) atoms. The van der Waals surface area contributed by atoms with Crippen molar-refractivity contribution in [2.75, 3.05) is 20.0 Å². The fraction of sp³-hybridized carbons (Fsp3) is 0.0625. The summed E-state index contributed by atoms with van der Waals surface area (Å²) in [6, 6.07) is 31.3. The van der Waals surface area contributed by atoms with Gasteiger partial charge in [0.05, 0.1) is 25.6 Å². The van der Waals surface area contributed by atoms with Gasteiger partial charge in [-0.05, 0) is 41.1 Å². The molecular formula is C32H24N2O3S. The molecule has 0 saturated heterocycles. The first kappa shape index (κ1) is 23.7. The second-order valence-corrected chi connectivity index (χ2v) is 9.90. The highest BCUT2D eigenvalue weighted by Crippen LogP contribution is 2.45. The van der Waals surface area contributed by atoms with E-state index < -0.39 is 0 Å². The highest BCUT2D eigenvalue weighted by molar-refractivity contribution is 7.21. The Bertz CT molecular complexity index is 1830. The Hall–Kier alpha value is -4.68. The number of ether oxygens (including phenoxy) is 2. The van der Waals surface area contributed by atoms with Crippen LogP contribution in [0.1, 0.15) is 15.2 Å². The standard InChI is InChI=1S/C32H24N2O3S/c1-36-23-14-15-27(37-2)24(17-23)25-18-26(20-9-4-3-5-10-20)34-32-28(25)29(33)31(38-32)30(35)22-13-12-19-8-6-7-11-21(19)16-22/h3-18H,33H2,1-2H3. The van der Waals surface area contributed by atoms with Crippen molar-refractivity contribution < 1.29 is 14.3 Å². The second kappa shape index (κ2) is 9.65. The number of benzene rings is 4. The molecule has 6 rings (SSSR count). The summed E-state index contributed by atoms with van der Waals surface area (Å²) in [4.78, 5) is 19.9. The molecule has 2 heterocycles. The Balaban J connectivity index is 1.60. The maximum absolute atomic E-state index is 13.8. The van der Waals surface area contributed by atoms with Crippen LogP contribution in [0.5, 0.6) is 11.5 Å². The number of anilines is 1. The van der Waals surface area contributed by atoms with E-state index in [0.29, 0.717) is 32.5 Å². The average molecular weight is 517 g/mol. The SMILES string of the molecule is COc1ccc(OC)c(-c2cc(-c3ccccc3)nc3sc(C(=O)c4ccc5ccccc5c4)c(N)c23)c1. The number of thiophene rings is 1. The number of fused-ring (bicyclic) bond motifs is 2. The van der Waals surface area contributed by atoms with Gasteiger partial charge in [-0.25, -0.2) is 4.98 Å². The third-order valence-corrected chi connectivity index (χ3v) is 7.78. The number of hydrogen-bond donors (Lipinski definition) is 1. The molecule has 0 aliphatic carbocycles. The number of carbonyl (C=O) groups excluding carboxylic acids is 1. The minimum Gasteiger partial charge on any atom is -0.497 e. The molecule has 0 unspecified atom stereocenters. The number of nitrogens with two attached hydrogens (primary N) is 1. The van der Waals surface area contributed by atoms with Crippen molar-refractivity contribution in [3.05, 3.63) is 108 Å².